The van der Waals surface area contributed by atoms with Crippen molar-refractivity contribution in [2.45, 2.75) is 25.7 Å². The molecule has 1 saturated heterocycles. The number of morpholine rings is 1. The number of nitrogens with zero attached hydrogens (tertiary/aromatic N) is 1. The van der Waals surface area contributed by atoms with Gasteiger partial charge in [-0.05, 0) is 24.6 Å². The molecule has 2 atom stereocenters. The first kappa shape index (κ1) is 18.4. The summed E-state index contributed by atoms with van der Waals surface area (Å²) >= 11 is 0. The summed E-state index contributed by atoms with van der Waals surface area (Å²) in [6.07, 6.45) is -0.540. The van der Waals surface area contributed by atoms with Crippen LogP contribution < -0.4 is 10.1 Å². The van der Waals surface area contributed by atoms with E-state index >= 15 is 0 Å². The molecule has 5 heteroatoms. The number of ether oxygens (including phenoxy) is 2. The van der Waals surface area contributed by atoms with Gasteiger partial charge in [-0.3, -0.25) is 9.69 Å². The highest BCUT2D eigenvalue weighted by Crippen LogP contribution is 2.12. The molecule has 2 aromatic rings. The fourth-order valence-corrected chi connectivity index (χ4v) is 3.00. The summed E-state index contributed by atoms with van der Waals surface area (Å²) in [5.41, 5.74) is 1.29. The molecule has 1 N–H and O–H groups in total. The number of carbonyl (C=O) groups excluding carboxylic acids is 1. The molecule has 0 aromatic heterocycles. The van der Waals surface area contributed by atoms with Crippen molar-refractivity contribution >= 4 is 5.91 Å². The average molecular weight is 354 g/mol. The highest BCUT2D eigenvalue weighted by molar-refractivity contribution is 5.80. The minimum atomic E-state index is -0.540. The predicted molar refractivity (Wildman–Crippen MR) is 101 cm³/mol. The molecule has 26 heavy (non-hydrogen) atoms. The number of carbonyl (C=O) groups is 1. The zero-order valence-corrected chi connectivity index (χ0v) is 15.1. The van der Waals surface area contributed by atoms with Gasteiger partial charge in [0.25, 0.3) is 5.91 Å². The molecule has 5 nitrogen and oxygen atoms in total. The molecule has 1 amide bonds. The van der Waals surface area contributed by atoms with E-state index in [1.54, 1.807) is 6.92 Å². The van der Waals surface area contributed by atoms with E-state index in [9.17, 15) is 4.79 Å². The Kier molecular flexibility index (Phi) is 6.63. The Morgan fingerprint density at radius 3 is 2.62 bits per heavy atom. The van der Waals surface area contributed by atoms with Gasteiger partial charge in [-0.15, -0.1) is 0 Å². The predicted octanol–water partition coefficient (Wildman–Crippen LogP) is 2.47. The monoisotopic (exact) mass is 354 g/mol. The van der Waals surface area contributed by atoms with Crippen LogP contribution in [0.4, 0.5) is 0 Å². The number of rotatable bonds is 7. The van der Waals surface area contributed by atoms with E-state index in [4.69, 9.17) is 9.47 Å². The minimum absolute atomic E-state index is 0.000313. The largest absolute Gasteiger partial charge is 0.481 e. The summed E-state index contributed by atoms with van der Waals surface area (Å²) in [4.78, 5) is 14.6. The molecule has 0 bridgehead atoms. The first-order chi connectivity index (χ1) is 12.7. The lowest BCUT2D eigenvalue weighted by Gasteiger charge is -2.33. The van der Waals surface area contributed by atoms with Gasteiger partial charge in [-0.1, -0.05) is 48.5 Å². The van der Waals surface area contributed by atoms with Crippen molar-refractivity contribution in [1.29, 1.82) is 0 Å². The van der Waals surface area contributed by atoms with Crippen LogP contribution in [0.3, 0.4) is 0 Å². The number of benzene rings is 2. The second kappa shape index (κ2) is 9.36. The molecular formula is C21H26N2O3. The summed E-state index contributed by atoms with van der Waals surface area (Å²) < 4.78 is 11.4. The van der Waals surface area contributed by atoms with Crippen molar-refractivity contribution in [2.24, 2.45) is 0 Å². The van der Waals surface area contributed by atoms with E-state index in [0.717, 1.165) is 19.6 Å². The van der Waals surface area contributed by atoms with Gasteiger partial charge in [0.05, 0.1) is 12.7 Å². The average Bonchev–Trinajstić information content (AvgIpc) is 2.68. The van der Waals surface area contributed by atoms with Crippen molar-refractivity contribution in [2.75, 3.05) is 26.2 Å². The van der Waals surface area contributed by atoms with Crippen LogP contribution in [-0.2, 0) is 16.1 Å². The van der Waals surface area contributed by atoms with E-state index in [2.05, 4.69) is 34.5 Å². The first-order valence-corrected chi connectivity index (χ1v) is 9.08. The Hall–Kier alpha value is -2.37. The van der Waals surface area contributed by atoms with E-state index in [-0.39, 0.29) is 12.0 Å². The lowest BCUT2D eigenvalue weighted by atomic mass is 10.2. The molecule has 1 aliphatic rings. The van der Waals surface area contributed by atoms with E-state index in [1.165, 1.54) is 5.56 Å². The molecule has 0 saturated carbocycles. The van der Waals surface area contributed by atoms with Crippen LogP contribution in [0, 0.1) is 0 Å². The van der Waals surface area contributed by atoms with Crippen molar-refractivity contribution < 1.29 is 14.3 Å². The Morgan fingerprint density at radius 1 is 1.19 bits per heavy atom. The molecule has 3 rings (SSSR count). The molecule has 0 radical (unpaired) electrons. The fraction of sp³-hybridized carbons (Fsp3) is 0.381. The maximum atomic E-state index is 12.3. The van der Waals surface area contributed by atoms with Crippen LogP contribution in [-0.4, -0.2) is 49.3 Å². The van der Waals surface area contributed by atoms with Gasteiger partial charge in [0.2, 0.25) is 0 Å². The lowest BCUT2D eigenvalue weighted by molar-refractivity contribution is -0.128. The summed E-state index contributed by atoms with van der Waals surface area (Å²) in [6.45, 7) is 5.56. The third-order valence-electron chi connectivity index (χ3n) is 4.40. The van der Waals surface area contributed by atoms with Gasteiger partial charge in [0.15, 0.2) is 6.10 Å². The smallest absolute Gasteiger partial charge is 0.260 e. The van der Waals surface area contributed by atoms with Crippen LogP contribution in [0.1, 0.15) is 12.5 Å². The van der Waals surface area contributed by atoms with Crippen molar-refractivity contribution in [3.63, 3.8) is 0 Å². The topological polar surface area (TPSA) is 50.8 Å². The molecule has 138 valence electrons. The Labute approximate surface area is 154 Å². The molecule has 0 spiro atoms. The van der Waals surface area contributed by atoms with Crippen LogP contribution in [0.25, 0.3) is 0 Å². The molecule has 1 heterocycles. The highest BCUT2D eigenvalue weighted by atomic mass is 16.5. The molecule has 1 aliphatic heterocycles. The van der Waals surface area contributed by atoms with Crippen LogP contribution in [0.2, 0.25) is 0 Å². The maximum Gasteiger partial charge on any atom is 0.260 e. The molecular weight excluding hydrogens is 328 g/mol. The van der Waals surface area contributed by atoms with E-state index in [1.807, 2.05) is 36.4 Å². The summed E-state index contributed by atoms with van der Waals surface area (Å²) in [6, 6.07) is 19.8. The minimum Gasteiger partial charge on any atom is -0.481 e. The van der Waals surface area contributed by atoms with Gasteiger partial charge in [0, 0.05) is 26.2 Å². The van der Waals surface area contributed by atoms with Gasteiger partial charge in [-0.2, -0.15) is 0 Å². The number of amides is 1. The Balaban J connectivity index is 1.42. The normalized spacial score (nSPS) is 18.9. The number of nitrogens with one attached hydrogen (secondary N) is 1. The highest BCUT2D eigenvalue weighted by Gasteiger charge is 2.22. The van der Waals surface area contributed by atoms with Crippen molar-refractivity contribution in [3.05, 3.63) is 66.2 Å². The lowest BCUT2D eigenvalue weighted by Crippen LogP contribution is -2.48. The second-order valence-electron chi connectivity index (χ2n) is 6.53. The zero-order chi connectivity index (χ0) is 18.2. The van der Waals surface area contributed by atoms with E-state index < -0.39 is 6.10 Å². The number of para-hydroxylation sites is 1. The van der Waals surface area contributed by atoms with Gasteiger partial charge in [-0.25, -0.2) is 0 Å². The SMILES string of the molecule is CC(Oc1ccccc1)C(=O)NCC1CN(Cc2ccccc2)CCO1. The standard InChI is InChI=1S/C21H26N2O3/c1-17(26-19-10-6-3-7-11-19)21(24)22-14-20-16-23(12-13-25-20)15-18-8-4-2-5-9-18/h2-11,17,20H,12-16H2,1H3,(H,22,24). The quantitative estimate of drug-likeness (QED) is 0.830. The van der Waals surface area contributed by atoms with E-state index in [0.29, 0.717) is 18.9 Å². The molecule has 0 aliphatic carbocycles. The van der Waals surface area contributed by atoms with Crippen molar-refractivity contribution in [3.8, 4) is 5.75 Å². The molecule has 2 unspecified atom stereocenters. The fourth-order valence-electron chi connectivity index (χ4n) is 3.00. The molecule has 2 aromatic carbocycles. The third-order valence-corrected chi connectivity index (χ3v) is 4.40. The Bertz CT molecular complexity index is 678. The van der Waals surface area contributed by atoms with Gasteiger partial charge < -0.3 is 14.8 Å². The van der Waals surface area contributed by atoms with Crippen molar-refractivity contribution in [1.82, 2.24) is 10.2 Å². The zero-order valence-electron chi connectivity index (χ0n) is 15.1. The summed E-state index contributed by atoms with van der Waals surface area (Å²) in [5.74, 6) is 0.565. The maximum absolute atomic E-state index is 12.3. The number of hydrogen-bond acceptors (Lipinski definition) is 4. The second-order valence-corrected chi connectivity index (χ2v) is 6.53. The third kappa shape index (κ3) is 5.58. The number of hydrogen-bond donors (Lipinski definition) is 1. The van der Waals surface area contributed by atoms with Crippen LogP contribution >= 0.6 is 0 Å². The molecule has 1 fully saturated rings. The van der Waals surface area contributed by atoms with Gasteiger partial charge in [0.1, 0.15) is 5.75 Å². The summed E-state index contributed by atoms with van der Waals surface area (Å²) in [5, 5.41) is 2.94. The van der Waals surface area contributed by atoms with Crippen LogP contribution in [0.5, 0.6) is 5.75 Å². The van der Waals surface area contributed by atoms with Gasteiger partial charge >= 0.3 is 0 Å². The Morgan fingerprint density at radius 2 is 1.88 bits per heavy atom. The summed E-state index contributed by atoms with van der Waals surface area (Å²) in [7, 11) is 0. The first-order valence-electron chi connectivity index (χ1n) is 9.08. The van der Waals surface area contributed by atoms with Crippen LogP contribution in [0.15, 0.2) is 60.7 Å².